The van der Waals surface area contributed by atoms with Crippen LogP contribution in [0.15, 0.2) is 30.3 Å². The number of anilines is 2. The zero-order valence-corrected chi connectivity index (χ0v) is 8.57. The van der Waals surface area contributed by atoms with Crippen molar-refractivity contribution in [2.45, 2.75) is 0 Å². The fourth-order valence-electron chi connectivity index (χ4n) is 1.25. The summed E-state index contributed by atoms with van der Waals surface area (Å²) in [4.78, 5) is 8.13. The van der Waals surface area contributed by atoms with E-state index < -0.39 is 0 Å². The minimum atomic E-state index is 0.331. The van der Waals surface area contributed by atoms with Crippen LogP contribution >= 0.6 is 11.6 Å². The molecule has 0 amide bonds. The molecule has 1 aromatic carbocycles. The molecule has 0 spiro atoms. The van der Waals surface area contributed by atoms with Gasteiger partial charge in [-0.3, -0.25) is 0 Å². The van der Waals surface area contributed by atoms with Crippen LogP contribution < -0.4 is 11.5 Å². The van der Waals surface area contributed by atoms with E-state index in [9.17, 15) is 0 Å². The molecule has 0 aliphatic carbocycles. The van der Waals surface area contributed by atoms with Crippen LogP contribution in [0.2, 0.25) is 5.02 Å². The van der Waals surface area contributed by atoms with Gasteiger partial charge in [-0.1, -0.05) is 23.7 Å². The quantitative estimate of drug-likeness (QED) is 0.770. The van der Waals surface area contributed by atoms with Crippen LogP contribution in [0.1, 0.15) is 0 Å². The highest BCUT2D eigenvalue weighted by Gasteiger charge is 2.06. The molecule has 2 rings (SSSR count). The first-order valence-electron chi connectivity index (χ1n) is 4.32. The normalized spacial score (nSPS) is 10.2. The smallest absolute Gasteiger partial charge is 0.165 e. The Balaban J connectivity index is 2.59. The van der Waals surface area contributed by atoms with E-state index in [1.165, 1.54) is 6.07 Å². The molecule has 0 fully saturated rings. The van der Waals surface area contributed by atoms with Crippen molar-refractivity contribution in [3.8, 4) is 11.4 Å². The summed E-state index contributed by atoms with van der Waals surface area (Å²) in [5.41, 5.74) is 11.9. The van der Waals surface area contributed by atoms with Crippen molar-refractivity contribution in [3.63, 3.8) is 0 Å². The van der Waals surface area contributed by atoms with E-state index in [2.05, 4.69) is 9.97 Å². The van der Waals surface area contributed by atoms with Gasteiger partial charge >= 0.3 is 0 Å². The number of aromatic nitrogens is 2. The van der Waals surface area contributed by atoms with Crippen molar-refractivity contribution in [2.24, 2.45) is 0 Å². The summed E-state index contributed by atoms with van der Waals surface area (Å²) in [5.74, 6) is 1.10. The highest BCUT2D eigenvalue weighted by atomic mass is 35.5. The van der Waals surface area contributed by atoms with Crippen LogP contribution in [0.3, 0.4) is 0 Å². The fourth-order valence-corrected chi connectivity index (χ4v) is 1.47. The molecule has 0 saturated carbocycles. The molecule has 0 unspecified atom stereocenters. The molecular formula is C10H9ClN4. The maximum Gasteiger partial charge on any atom is 0.165 e. The minimum Gasteiger partial charge on any atom is -0.384 e. The molecule has 1 heterocycles. The second-order valence-corrected chi connectivity index (χ2v) is 3.43. The van der Waals surface area contributed by atoms with Gasteiger partial charge in [0.2, 0.25) is 0 Å². The van der Waals surface area contributed by atoms with Gasteiger partial charge in [-0.25, -0.2) is 9.97 Å². The molecular weight excluding hydrogens is 212 g/mol. The molecule has 0 aliphatic rings. The zero-order chi connectivity index (χ0) is 10.8. The Morgan fingerprint density at radius 2 is 1.60 bits per heavy atom. The molecule has 0 bridgehead atoms. The Labute approximate surface area is 91.9 Å². The largest absolute Gasteiger partial charge is 0.384 e. The van der Waals surface area contributed by atoms with Crippen LogP contribution in [0.5, 0.6) is 0 Å². The number of halogens is 1. The van der Waals surface area contributed by atoms with Crippen LogP contribution in [-0.4, -0.2) is 9.97 Å². The third-order valence-corrected chi connectivity index (χ3v) is 2.21. The number of nitrogen functional groups attached to an aromatic ring is 2. The van der Waals surface area contributed by atoms with Gasteiger partial charge in [0.15, 0.2) is 5.82 Å². The first-order chi connectivity index (χ1) is 7.16. The second kappa shape index (κ2) is 3.74. The number of nitrogens with two attached hydrogens (primary N) is 2. The fraction of sp³-hybridized carbons (Fsp3) is 0. The zero-order valence-electron chi connectivity index (χ0n) is 7.81. The van der Waals surface area contributed by atoms with Gasteiger partial charge < -0.3 is 11.5 Å². The SMILES string of the molecule is Nc1cc(N)nc(-c2ccccc2Cl)n1. The van der Waals surface area contributed by atoms with Crippen LogP contribution in [-0.2, 0) is 0 Å². The third kappa shape index (κ3) is 1.99. The summed E-state index contributed by atoms with van der Waals surface area (Å²) < 4.78 is 0. The molecule has 5 heteroatoms. The average molecular weight is 221 g/mol. The Bertz CT molecular complexity index is 478. The lowest BCUT2D eigenvalue weighted by Gasteiger charge is -2.04. The molecule has 1 aromatic heterocycles. The van der Waals surface area contributed by atoms with E-state index in [1.807, 2.05) is 18.2 Å². The van der Waals surface area contributed by atoms with Crippen LogP contribution in [0.4, 0.5) is 11.6 Å². The standard InChI is InChI=1S/C10H9ClN4/c11-7-4-2-1-3-6(7)10-14-8(12)5-9(13)15-10/h1-5H,(H4,12,13,14,15). The number of nitrogens with zero attached hydrogens (tertiary/aromatic N) is 2. The van der Waals surface area contributed by atoms with Gasteiger partial charge in [0.05, 0.1) is 5.02 Å². The summed E-state index contributed by atoms with van der Waals surface area (Å²) in [7, 11) is 0. The van der Waals surface area contributed by atoms with Gasteiger partial charge in [0, 0.05) is 11.6 Å². The molecule has 0 radical (unpaired) electrons. The number of benzene rings is 1. The minimum absolute atomic E-state index is 0.331. The van der Waals surface area contributed by atoms with Gasteiger partial charge in [0.25, 0.3) is 0 Å². The molecule has 0 atom stereocenters. The van der Waals surface area contributed by atoms with Gasteiger partial charge in [0.1, 0.15) is 11.6 Å². The van der Waals surface area contributed by atoms with E-state index in [4.69, 9.17) is 23.1 Å². The van der Waals surface area contributed by atoms with Crippen molar-refractivity contribution in [1.82, 2.24) is 9.97 Å². The summed E-state index contributed by atoms with van der Waals surface area (Å²) in [6.45, 7) is 0. The predicted octanol–water partition coefficient (Wildman–Crippen LogP) is 1.96. The summed E-state index contributed by atoms with van der Waals surface area (Å²) >= 11 is 6.00. The summed E-state index contributed by atoms with van der Waals surface area (Å²) in [5, 5.41) is 0.572. The van der Waals surface area contributed by atoms with E-state index in [1.54, 1.807) is 6.07 Å². The molecule has 4 nitrogen and oxygen atoms in total. The Kier molecular flexibility index (Phi) is 2.43. The molecule has 76 valence electrons. The molecule has 4 N–H and O–H groups in total. The highest BCUT2D eigenvalue weighted by Crippen LogP contribution is 2.25. The van der Waals surface area contributed by atoms with E-state index in [0.29, 0.717) is 22.5 Å². The molecule has 2 aromatic rings. The lowest BCUT2D eigenvalue weighted by molar-refractivity contribution is 1.19. The lowest BCUT2D eigenvalue weighted by Crippen LogP contribution is -2.00. The van der Waals surface area contributed by atoms with Crippen molar-refractivity contribution in [2.75, 3.05) is 11.5 Å². The summed E-state index contributed by atoms with van der Waals surface area (Å²) in [6, 6.07) is 8.77. The van der Waals surface area contributed by atoms with E-state index in [0.717, 1.165) is 5.56 Å². The Hall–Kier alpha value is -1.81. The average Bonchev–Trinajstić information content (AvgIpc) is 2.16. The van der Waals surface area contributed by atoms with Crippen molar-refractivity contribution in [1.29, 1.82) is 0 Å². The number of rotatable bonds is 1. The maximum absolute atomic E-state index is 6.00. The summed E-state index contributed by atoms with van der Waals surface area (Å²) in [6.07, 6.45) is 0. The second-order valence-electron chi connectivity index (χ2n) is 3.02. The molecule has 0 aliphatic heterocycles. The van der Waals surface area contributed by atoms with E-state index in [-0.39, 0.29) is 0 Å². The molecule has 0 saturated heterocycles. The van der Waals surface area contributed by atoms with Gasteiger partial charge in [-0.05, 0) is 12.1 Å². The Morgan fingerprint density at radius 3 is 2.20 bits per heavy atom. The predicted molar refractivity (Wildman–Crippen MR) is 61.3 cm³/mol. The van der Waals surface area contributed by atoms with Crippen molar-refractivity contribution in [3.05, 3.63) is 35.4 Å². The lowest BCUT2D eigenvalue weighted by atomic mass is 10.2. The van der Waals surface area contributed by atoms with Gasteiger partial charge in [-0.2, -0.15) is 0 Å². The first kappa shape index (κ1) is 9.73. The van der Waals surface area contributed by atoms with Crippen molar-refractivity contribution < 1.29 is 0 Å². The maximum atomic E-state index is 6.00. The topological polar surface area (TPSA) is 77.8 Å². The van der Waals surface area contributed by atoms with Gasteiger partial charge in [-0.15, -0.1) is 0 Å². The van der Waals surface area contributed by atoms with Crippen molar-refractivity contribution >= 4 is 23.2 Å². The monoisotopic (exact) mass is 220 g/mol. The van der Waals surface area contributed by atoms with Crippen LogP contribution in [0.25, 0.3) is 11.4 Å². The number of hydrogen-bond acceptors (Lipinski definition) is 4. The number of hydrogen-bond donors (Lipinski definition) is 2. The molecule has 15 heavy (non-hydrogen) atoms. The first-order valence-corrected chi connectivity index (χ1v) is 4.69. The Morgan fingerprint density at radius 1 is 1.00 bits per heavy atom. The highest BCUT2D eigenvalue weighted by molar-refractivity contribution is 6.33. The van der Waals surface area contributed by atoms with Crippen LogP contribution in [0, 0.1) is 0 Å². The van der Waals surface area contributed by atoms with E-state index >= 15 is 0 Å². The third-order valence-electron chi connectivity index (χ3n) is 1.88.